The molecule has 2 N–H and O–H groups in total. The van der Waals surface area contributed by atoms with Gasteiger partial charge in [-0.1, -0.05) is 32.1 Å². The van der Waals surface area contributed by atoms with Crippen LogP contribution in [-0.4, -0.2) is 25.5 Å². The maximum atomic E-state index is 12.8. The minimum atomic E-state index is -0.242. The molecule has 0 saturated heterocycles. The molecule has 1 fully saturated rings. The predicted molar refractivity (Wildman–Crippen MR) is 114 cm³/mol. The van der Waals surface area contributed by atoms with Crippen molar-refractivity contribution in [3.05, 3.63) is 23.3 Å². The van der Waals surface area contributed by atoms with Crippen LogP contribution in [0.1, 0.15) is 69.7 Å². The lowest BCUT2D eigenvalue weighted by Crippen LogP contribution is -2.23. The Hall–Kier alpha value is -2.28. The Morgan fingerprint density at radius 3 is 2.71 bits per heavy atom. The van der Waals surface area contributed by atoms with E-state index in [0.717, 1.165) is 27.2 Å². The quantitative estimate of drug-likeness (QED) is 0.623. The third kappa shape index (κ3) is 3.55. The molecule has 1 saturated carbocycles. The standard InChI is InChI=1S/C21H27N5OS/c1-21(2,3)26-20-17(19(22)23-12-24-20)18(25-26)16-10-14(11-28-16)15(27)9-13-7-5-4-6-8-13/h10-13H,4-9H2,1-3H3,(H2,22,23,24). The van der Waals surface area contributed by atoms with Crippen LogP contribution in [0.2, 0.25) is 0 Å². The smallest absolute Gasteiger partial charge is 0.164 e. The Labute approximate surface area is 169 Å². The summed E-state index contributed by atoms with van der Waals surface area (Å²) in [6.45, 7) is 6.24. The van der Waals surface area contributed by atoms with E-state index in [-0.39, 0.29) is 11.3 Å². The van der Waals surface area contributed by atoms with Crippen LogP contribution in [-0.2, 0) is 5.54 Å². The molecular formula is C21H27N5OS. The maximum Gasteiger partial charge on any atom is 0.164 e. The second-order valence-electron chi connectivity index (χ2n) is 8.72. The highest BCUT2D eigenvalue weighted by atomic mass is 32.1. The average molecular weight is 398 g/mol. The van der Waals surface area contributed by atoms with E-state index in [9.17, 15) is 4.79 Å². The normalized spacial score (nSPS) is 16.0. The lowest BCUT2D eigenvalue weighted by molar-refractivity contribution is 0.0950. The number of anilines is 1. The van der Waals surface area contributed by atoms with Gasteiger partial charge in [-0.3, -0.25) is 4.79 Å². The monoisotopic (exact) mass is 397 g/mol. The number of thiophene rings is 1. The first kappa shape index (κ1) is 19.1. The molecular weight excluding hydrogens is 370 g/mol. The van der Waals surface area contributed by atoms with Gasteiger partial charge in [-0.15, -0.1) is 11.3 Å². The molecule has 1 aliphatic rings. The van der Waals surface area contributed by atoms with Crippen molar-refractivity contribution in [1.82, 2.24) is 19.7 Å². The van der Waals surface area contributed by atoms with E-state index in [1.165, 1.54) is 49.8 Å². The predicted octanol–water partition coefficient (Wildman–Crippen LogP) is 5.05. The molecule has 3 aromatic heterocycles. The summed E-state index contributed by atoms with van der Waals surface area (Å²) in [5, 5.41) is 7.52. The second kappa shape index (κ2) is 7.28. The number of fused-ring (bicyclic) bond motifs is 1. The van der Waals surface area contributed by atoms with Gasteiger partial charge in [-0.25, -0.2) is 14.6 Å². The van der Waals surface area contributed by atoms with Gasteiger partial charge < -0.3 is 5.73 Å². The van der Waals surface area contributed by atoms with E-state index in [1.807, 2.05) is 16.1 Å². The van der Waals surface area contributed by atoms with Crippen LogP contribution in [0.25, 0.3) is 21.6 Å². The van der Waals surface area contributed by atoms with E-state index in [4.69, 9.17) is 10.8 Å². The highest BCUT2D eigenvalue weighted by Gasteiger charge is 2.25. The number of carbonyl (C=O) groups is 1. The van der Waals surface area contributed by atoms with E-state index < -0.39 is 0 Å². The van der Waals surface area contributed by atoms with Crippen molar-refractivity contribution in [3.63, 3.8) is 0 Å². The van der Waals surface area contributed by atoms with Gasteiger partial charge >= 0.3 is 0 Å². The molecule has 3 aromatic rings. The van der Waals surface area contributed by atoms with Crippen LogP contribution < -0.4 is 5.73 Å². The summed E-state index contributed by atoms with van der Waals surface area (Å²) in [5.41, 5.74) is 8.19. The molecule has 0 atom stereocenters. The topological polar surface area (TPSA) is 86.7 Å². The zero-order chi connectivity index (χ0) is 19.9. The van der Waals surface area contributed by atoms with Crippen LogP contribution in [0.5, 0.6) is 0 Å². The molecule has 0 bridgehead atoms. The van der Waals surface area contributed by atoms with E-state index in [0.29, 0.717) is 18.2 Å². The number of carbonyl (C=O) groups excluding carboxylic acids is 1. The molecule has 0 radical (unpaired) electrons. The Morgan fingerprint density at radius 2 is 2.00 bits per heavy atom. The van der Waals surface area contributed by atoms with Crippen molar-refractivity contribution in [3.8, 4) is 10.6 Å². The van der Waals surface area contributed by atoms with Gasteiger partial charge in [0.1, 0.15) is 17.8 Å². The molecule has 4 rings (SSSR count). The van der Waals surface area contributed by atoms with Gasteiger partial charge in [-0.2, -0.15) is 5.10 Å². The van der Waals surface area contributed by atoms with Gasteiger partial charge in [0.05, 0.1) is 15.8 Å². The fraction of sp³-hybridized carbons (Fsp3) is 0.524. The van der Waals surface area contributed by atoms with Gasteiger partial charge in [0.25, 0.3) is 0 Å². The number of aromatic nitrogens is 4. The van der Waals surface area contributed by atoms with Crippen LogP contribution in [0.4, 0.5) is 5.82 Å². The zero-order valence-electron chi connectivity index (χ0n) is 16.7. The third-order valence-corrected chi connectivity index (χ3v) is 6.42. The highest BCUT2D eigenvalue weighted by Crippen LogP contribution is 2.36. The van der Waals surface area contributed by atoms with E-state index >= 15 is 0 Å². The van der Waals surface area contributed by atoms with Crippen LogP contribution >= 0.6 is 11.3 Å². The van der Waals surface area contributed by atoms with Crippen molar-refractivity contribution in [2.24, 2.45) is 5.92 Å². The first-order valence-electron chi connectivity index (χ1n) is 9.96. The number of nitrogens with zero attached hydrogens (tertiary/aromatic N) is 4. The number of Topliss-reactive ketones (excluding diaryl/α,β-unsaturated/α-hetero) is 1. The van der Waals surface area contributed by atoms with E-state index in [2.05, 4.69) is 30.7 Å². The lowest BCUT2D eigenvalue weighted by atomic mass is 9.85. The first-order valence-corrected chi connectivity index (χ1v) is 10.8. The number of hydrogen-bond acceptors (Lipinski definition) is 6. The molecule has 7 heteroatoms. The van der Waals surface area contributed by atoms with Gasteiger partial charge in [0, 0.05) is 17.4 Å². The number of nitrogen functional groups attached to an aromatic ring is 1. The Balaban J connectivity index is 1.69. The van der Waals surface area contributed by atoms with Crippen molar-refractivity contribution >= 4 is 34.0 Å². The summed E-state index contributed by atoms with van der Waals surface area (Å²) in [6, 6.07) is 1.96. The minimum Gasteiger partial charge on any atom is -0.383 e. The summed E-state index contributed by atoms with van der Waals surface area (Å²) < 4.78 is 1.89. The molecule has 28 heavy (non-hydrogen) atoms. The second-order valence-corrected chi connectivity index (χ2v) is 9.63. The van der Waals surface area contributed by atoms with Crippen LogP contribution in [0, 0.1) is 5.92 Å². The Kier molecular flexibility index (Phi) is 4.95. The summed E-state index contributed by atoms with van der Waals surface area (Å²) in [4.78, 5) is 22.3. The summed E-state index contributed by atoms with van der Waals surface area (Å²) in [5.74, 6) is 1.19. The summed E-state index contributed by atoms with van der Waals surface area (Å²) in [7, 11) is 0. The van der Waals surface area contributed by atoms with Crippen molar-refractivity contribution in [1.29, 1.82) is 0 Å². The van der Waals surface area contributed by atoms with Crippen molar-refractivity contribution in [2.75, 3.05) is 5.73 Å². The number of rotatable bonds is 4. The lowest BCUT2D eigenvalue weighted by Gasteiger charge is -2.20. The molecule has 6 nitrogen and oxygen atoms in total. The molecule has 0 spiro atoms. The van der Waals surface area contributed by atoms with Crippen LogP contribution in [0.15, 0.2) is 17.8 Å². The fourth-order valence-corrected chi connectivity index (χ4v) is 4.90. The van der Waals surface area contributed by atoms with Crippen LogP contribution in [0.3, 0.4) is 0 Å². The Morgan fingerprint density at radius 1 is 1.25 bits per heavy atom. The maximum absolute atomic E-state index is 12.8. The SMILES string of the molecule is CC(C)(C)n1nc(-c2cc(C(=O)CC3CCCCC3)cs2)c2c(N)ncnc21. The summed E-state index contributed by atoms with van der Waals surface area (Å²) in [6.07, 6.45) is 8.29. The zero-order valence-corrected chi connectivity index (χ0v) is 17.6. The van der Waals surface area contributed by atoms with Gasteiger partial charge in [-0.05, 0) is 32.8 Å². The molecule has 0 amide bonds. The van der Waals surface area contributed by atoms with E-state index in [1.54, 1.807) is 0 Å². The third-order valence-electron chi connectivity index (χ3n) is 5.48. The first-order chi connectivity index (χ1) is 13.3. The summed E-state index contributed by atoms with van der Waals surface area (Å²) >= 11 is 1.53. The molecule has 0 aromatic carbocycles. The molecule has 3 heterocycles. The molecule has 0 aliphatic heterocycles. The Bertz CT molecular complexity index is 1010. The number of nitrogens with two attached hydrogens (primary N) is 1. The molecule has 148 valence electrons. The van der Waals surface area contributed by atoms with Gasteiger partial charge in [0.2, 0.25) is 0 Å². The molecule has 0 unspecified atom stereocenters. The van der Waals surface area contributed by atoms with Crippen molar-refractivity contribution < 1.29 is 4.79 Å². The number of hydrogen-bond donors (Lipinski definition) is 1. The van der Waals surface area contributed by atoms with Crippen molar-refractivity contribution in [2.45, 2.75) is 64.8 Å². The minimum absolute atomic E-state index is 0.234. The van der Waals surface area contributed by atoms with Gasteiger partial charge in [0.15, 0.2) is 11.4 Å². The number of ketones is 1. The average Bonchev–Trinajstić information content (AvgIpc) is 3.27. The fourth-order valence-electron chi connectivity index (χ4n) is 3.99. The molecule has 1 aliphatic carbocycles. The highest BCUT2D eigenvalue weighted by molar-refractivity contribution is 7.14. The largest absolute Gasteiger partial charge is 0.383 e.